The van der Waals surface area contributed by atoms with Gasteiger partial charge < -0.3 is 14.8 Å². The first kappa shape index (κ1) is 23.1. The molecule has 3 aromatic carbocycles. The maximum Gasteiger partial charge on any atom is 0.343 e. The second-order valence-electron chi connectivity index (χ2n) is 7.70. The number of aryl methyl sites for hydroxylation is 2. The van der Waals surface area contributed by atoms with Gasteiger partial charge in [0.1, 0.15) is 22.2 Å². The summed E-state index contributed by atoms with van der Waals surface area (Å²) in [7, 11) is 1.53. The van der Waals surface area contributed by atoms with E-state index >= 15 is 0 Å². The van der Waals surface area contributed by atoms with Crippen LogP contribution in [0.25, 0.3) is 0 Å². The van der Waals surface area contributed by atoms with E-state index in [0.717, 1.165) is 16.0 Å². The highest BCUT2D eigenvalue weighted by Crippen LogP contribution is 2.32. The van der Waals surface area contributed by atoms with E-state index in [1.807, 2.05) is 26.0 Å². The number of rotatable bonds is 6. The van der Waals surface area contributed by atoms with Gasteiger partial charge in [0.2, 0.25) is 0 Å². The van der Waals surface area contributed by atoms with E-state index in [1.165, 1.54) is 7.11 Å². The minimum absolute atomic E-state index is 0.0284. The van der Waals surface area contributed by atoms with Gasteiger partial charge in [0.05, 0.1) is 18.4 Å². The number of hydrogen-bond donors (Lipinski definition) is 1. The van der Waals surface area contributed by atoms with Gasteiger partial charge in [0, 0.05) is 11.8 Å². The van der Waals surface area contributed by atoms with Crippen molar-refractivity contribution in [1.82, 2.24) is 0 Å². The number of ether oxygens (including phenoxy) is 2. The first-order valence-electron chi connectivity index (χ1n) is 10.4. The number of carbonyl (C=O) groups is 3. The van der Waals surface area contributed by atoms with Gasteiger partial charge >= 0.3 is 5.97 Å². The molecule has 1 aliphatic heterocycles. The fraction of sp³-hybridized carbons (Fsp3) is 0.115. The molecule has 0 saturated carbocycles. The number of amides is 2. The van der Waals surface area contributed by atoms with E-state index in [4.69, 9.17) is 21.1 Å². The van der Waals surface area contributed by atoms with Gasteiger partial charge in [-0.25, -0.2) is 9.69 Å². The van der Waals surface area contributed by atoms with Crippen LogP contribution in [0.1, 0.15) is 21.5 Å². The monoisotopic (exact) mass is 476 g/mol. The Bertz CT molecular complexity index is 1330. The Labute approximate surface area is 201 Å². The third kappa shape index (κ3) is 4.51. The lowest BCUT2D eigenvalue weighted by Gasteiger charge is -2.18. The molecule has 0 spiro atoms. The van der Waals surface area contributed by atoms with Crippen molar-refractivity contribution in [3.05, 3.63) is 94.1 Å². The SMILES string of the molecule is COc1cccc(OC(=O)c2ccc(NC3=C(Cl)C(=O)N(c4cc(C)ccc4C)C3=O)cc2)c1. The minimum atomic E-state index is -0.596. The second kappa shape index (κ2) is 9.41. The summed E-state index contributed by atoms with van der Waals surface area (Å²) in [5.74, 6) is -0.775. The van der Waals surface area contributed by atoms with Gasteiger partial charge in [-0.3, -0.25) is 9.59 Å². The molecule has 7 nitrogen and oxygen atoms in total. The predicted octanol–water partition coefficient (Wildman–Crippen LogP) is 4.97. The molecule has 0 aliphatic carbocycles. The van der Waals surface area contributed by atoms with E-state index in [2.05, 4.69) is 5.32 Å². The van der Waals surface area contributed by atoms with Crippen LogP contribution in [0.2, 0.25) is 0 Å². The first-order chi connectivity index (χ1) is 16.3. The molecule has 1 heterocycles. The van der Waals surface area contributed by atoms with E-state index in [9.17, 15) is 14.4 Å². The number of nitrogens with zero attached hydrogens (tertiary/aromatic N) is 1. The molecule has 0 bridgehead atoms. The minimum Gasteiger partial charge on any atom is -0.497 e. The Balaban J connectivity index is 1.49. The van der Waals surface area contributed by atoms with Gasteiger partial charge in [0.15, 0.2) is 0 Å². The maximum atomic E-state index is 13.0. The van der Waals surface area contributed by atoms with E-state index in [-0.39, 0.29) is 10.7 Å². The molecule has 34 heavy (non-hydrogen) atoms. The number of anilines is 2. The van der Waals surface area contributed by atoms with Gasteiger partial charge in [-0.2, -0.15) is 0 Å². The van der Waals surface area contributed by atoms with Crippen LogP contribution >= 0.6 is 11.6 Å². The predicted molar refractivity (Wildman–Crippen MR) is 129 cm³/mol. The van der Waals surface area contributed by atoms with Crippen molar-refractivity contribution < 1.29 is 23.9 Å². The summed E-state index contributed by atoms with van der Waals surface area (Å²) in [6, 6.07) is 18.5. The Morgan fingerprint density at radius 1 is 0.912 bits per heavy atom. The van der Waals surface area contributed by atoms with Gasteiger partial charge in [-0.1, -0.05) is 29.8 Å². The summed E-state index contributed by atoms with van der Waals surface area (Å²) >= 11 is 6.23. The Hall–Kier alpha value is -4.10. The molecule has 1 aliphatic rings. The van der Waals surface area contributed by atoms with Crippen molar-refractivity contribution in [2.24, 2.45) is 0 Å². The maximum absolute atomic E-state index is 13.0. The average Bonchev–Trinajstić information content (AvgIpc) is 3.04. The lowest BCUT2D eigenvalue weighted by atomic mass is 10.1. The molecular weight excluding hydrogens is 456 g/mol. The van der Waals surface area contributed by atoms with Crippen LogP contribution in [-0.4, -0.2) is 24.9 Å². The molecule has 4 rings (SSSR count). The van der Waals surface area contributed by atoms with Crippen LogP contribution in [0.4, 0.5) is 11.4 Å². The van der Waals surface area contributed by atoms with Crippen LogP contribution < -0.4 is 19.7 Å². The zero-order valence-electron chi connectivity index (χ0n) is 18.7. The van der Waals surface area contributed by atoms with E-state index < -0.39 is 17.8 Å². The molecule has 172 valence electrons. The highest BCUT2D eigenvalue weighted by atomic mass is 35.5. The standard InChI is InChI=1S/C26H21ClN2O5/c1-15-7-8-16(2)21(13-15)29-24(30)22(27)23(25(29)31)28-18-11-9-17(10-12-18)26(32)34-20-6-4-5-19(14-20)33-3/h4-14,28H,1-3H3. The first-order valence-corrected chi connectivity index (χ1v) is 10.8. The number of methoxy groups -OCH3 is 1. The molecule has 1 N–H and O–H groups in total. The van der Waals surface area contributed by atoms with Crippen LogP contribution in [0.15, 0.2) is 77.5 Å². The molecule has 3 aromatic rings. The molecule has 8 heteroatoms. The number of carbonyl (C=O) groups excluding carboxylic acids is 3. The largest absolute Gasteiger partial charge is 0.497 e. The quantitative estimate of drug-likeness (QED) is 0.307. The smallest absolute Gasteiger partial charge is 0.343 e. The van der Waals surface area contributed by atoms with Crippen LogP contribution in [0.5, 0.6) is 11.5 Å². The summed E-state index contributed by atoms with van der Waals surface area (Å²) in [5.41, 5.74) is 2.93. The number of hydrogen-bond acceptors (Lipinski definition) is 6. The molecular formula is C26H21ClN2O5. The van der Waals surface area contributed by atoms with Gasteiger partial charge in [0.25, 0.3) is 11.8 Å². The zero-order chi connectivity index (χ0) is 24.4. The van der Waals surface area contributed by atoms with Crippen molar-refractivity contribution in [3.8, 4) is 11.5 Å². The summed E-state index contributed by atoms with van der Waals surface area (Å²) < 4.78 is 10.5. The lowest BCUT2D eigenvalue weighted by Crippen LogP contribution is -2.32. The highest BCUT2D eigenvalue weighted by molar-refractivity contribution is 6.53. The number of esters is 1. The molecule has 0 unspecified atom stereocenters. The van der Waals surface area contributed by atoms with E-state index in [0.29, 0.717) is 28.4 Å². The van der Waals surface area contributed by atoms with Crippen molar-refractivity contribution in [3.63, 3.8) is 0 Å². The third-order valence-corrected chi connectivity index (χ3v) is 5.63. The Kier molecular flexibility index (Phi) is 6.38. The number of nitrogens with one attached hydrogen (secondary N) is 1. The number of imide groups is 1. The van der Waals surface area contributed by atoms with Gasteiger partial charge in [-0.05, 0) is 67.4 Å². The number of benzene rings is 3. The molecule has 0 atom stereocenters. The molecule has 2 amide bonds. The summed E-state index contributed by atoms with van der Waals surface area (Å²) in [5, 5.41) is 2.70. The summed E-state index contributed by atoms with van der Waals surface area (Å²) in [4.78, 5) is 39.3. The van der Waals surface area contributed by atoms with Crippen molar-refractivity contribution in [2.75, 3.05) is 17.3 Å². The third-order valence-electron chi connectivity index (χ3n) is 5.27. The zero-order valence-corrected chi connectivity index (χ0v) is 19.5. The highest BCUT2D eigenvalue weighted by Gasteiger charge is 2.39. The fourth-order valence-electron chi connectivity index (χ4n) is 3.46. The Morgan fingerprint density at radius 3 is 2.32 bits per heavy atom. The van der Waals surface area contributed by atoms with E-state index in [1.54, 1.807) is 54.6 Å². The van der Waals surface area contributed by atoms with Crippen molar-refractivity contribution in [2.45, 2.75) is 13.8 Å². The Morgan fingerprint density at radius 2 is 1.62 bits per heavy atom. The van der Waals surface area contributed by atoms with Crippen LogP contribution in [-0.2, 0) is 9.59 Å². The normalized spacial score (nSPS) is 13.4. The lowest BCUT2D eigenvalue weighted by molar-refractivity contribution is -0.120. The van der Waals surface area contributed by atoms with Crippen molar-refractivity contribution >= 4 is 40.8 Å². The average molecular weight is 477 g/mol. The van der Waals surface area contributed by atoms with Crippen LogP contribution in [0, 0.1) is 13.8 Å². The fourth-order valence-corrected chi connectivity index (χ4v) is 3.67. The summed E-state index contributed by atoms with van der Waals surface area (Å²) in [6.07, 6.45) is 0. The molecule has 0 radical (unpaired) electrons. The molecule has 0 aromatic heterocycles. The second-order valence-corrected chi connectivity index (χ2v) is 8.07. The van der Waals surface area contributed by atoms with Crippen molar-refractivity contribution in [1.29, 1.82) is 0 Å². The number of halogens is 1. The topological polar surface area (TPSA) is 84.9 Å². The molecule has 0 fully saturated rings. The van der Waals surface area contributed by atoms with Gasteiger partial charge in [-0.15, -0.1) is 0 Å². The van der Waals surface area contributed by atoms with Crippen LogP contribution in [0.3, 0.4) is 0 Å². The molecule has 0 saturated heterocycles. The summed E-state index contributed by atoms with van der Waals surface area (Å²) in [6.45, 7) is 3.70.